The fourth-order valence-electron chi connectivity index (χ4n) is 2.08. The number of likely N-dealkylation sites (N-methyl/N-ethyl adjacent to an activating group) is 1. The lowest BCUT2D eigenvalue weighted by Crippen LogP contribution is -2.20. The molecule has 1 unspecified atom stereocenters. The molecule has 0 fully saturated rings. The molecule has 0 bridgehead atoms. The molecule has 2 aromatic rings. The van der Waals surface area contributed by atoms with Crippen LogP contribution in [0.2, 0.25) is 5.02 Å². The molecule has 20 heavy (non-hydrogen) atoms. The van der Waals surface area contributed by atoms with Crippen LogP contribution in [0.4, 0.5) is 8.78 Å². The summed E-state index contributed by atoms with van der Waals surface area (Å²) in [5, 5.41) is 3.53. The monoisotopic (exact) mass is 407 g/mol. The van der Waals surface area contributed by atoms with E-state index in [9.17, 15) is 8.78 Å². The van der Waals surface area contributed by atoms with Gasteiger partial charge in [0.2, 0.25) is 0 Å². The van der Waals surface area contributed by atoms with Gasteiger partial charge >= 0.3 is 0 Å². The first-order chi connectivity index (χ1) is 9.52. The zero-order valence-corrected chi connectivity index (χ0v) is 13.7. The number of nitrogens with one attached hydrogen (secondary N) is 1. The summed E-state index contributed by atoms with van der Waals surface area (Å²) >= 11 is 8.13. The minimum Gasteiger partial charge on any atom is -0.313 e. The first-order valence-corrected chi connectivity index (χ1v) is 7.53. The predicted molar refractivity (Wildman–Crippen MR) is 86.0 cm³/mol. The third-order valence-electron chi connectivity index (χ3n) is 3.16. The number of hydrogen-bond acceptors (Lipinski definition) is 1. The van der Waals surface area contributed by atoms with E-state index < -0.39 is 0 Å². The average molecular weight is 408 g/mol. The van der Waals surface area contributed by atoms with Gasteiger partial charge in [0.15, 0.2) is 0 Å². The molecule has 106 valence electrons. The van der Waals surface area contributed by atoms with E-state index in [4.69, 9.17) is 11.6 Å². The molecule has 0 aliphatic heterocycles. The van der Waals surface area contributed by atoms with Crippen molar-refractivity contribution in [3.8, 4) is 0 Å². The van der Waals surface area contributed by atoms with Crippen LogP contribution in [0.1, 0.15) is 17.2 Å². The Kier molecular flexibility index (Phi) is 5.35. The summed E-state index contributed by atoms with van der Waals surface area (Å²) in [6.45, 7) is 0. The zero-order valence-electron chi connectivity index (χ0n) is 10.8. The van der Waals surface area contributed by atoms with E-state index in [1.165, 1.54) is 18.2 Å². The van der Waals surface area contributed by atoms with Crippen LogP contribution in [0.25, 0.3) is 0 Å². The standard InChI is InChI=1S/C15H13ClF2IN/c1-20-15(10-6-5-9(17)7-14(10)19)8-11-12(16)3-2-4-13(11)18/h2-7,15,20H,8H2,1H3. The van der Waals surface area contributed by atoms with Gasteiger partial charge in [-0.2, -0.15) is 0 Å². The highest BCUT2D eigenvalue weighted by molar-refractivity contribution is 14.1. The minimum atomic E-state index is -0.324. The lowest BCUT2D eigenvalue weighted by Gasteiger charge is -2.19. The Morgan fingerprint density at radius 1 is 1.25 bits per heavy atom. The molecule has 2 aromatic carbocycles. The summed E-state index contributed by atoms with van der Waals surface area (Å²) in [5.41, 5.74) is 1.39. The van der Waals surface area contributed by atoms with E-state index in [1.54, 1.807) is 25.2 Å². The quantitative estimate of drug-likeness (QED) is 0.723. The molecular formula is C15H13ClF2IN. The Morgan fingerprint density at radius 3 is 2.60 bits per heavy atom. The zero-order chi connectivity index (χ0) is 14.7. The fourth-order valence-corrected chi connectivity index (χ4v) is 3.18. The van der Waals surface area contributed by atoms with Crippen LogP contribution in [0.15, 0.2) is 36.4 Å². The lowest BCUT2D eigenvalue weighted by molar-refractivity contribution is 0.551. The van der Waals surface area contributed by atoms with Gasteiger partial charge < -0.3 is 5.32 Å². The molecule has 1 atom stereocenters. The van der Waals surface area contributed by atoms with Crippen molar-refractivity contribution in [3.05, 3.63) is 67.8 Å². The maximum Gasteiger partial charge on any atom is 0.127 e. The van der Waals surface area contributed by atoms with Crippen LogP contribution in [0.3, 0.4) is 0 Å². The third kappa shape index (κ3) is 3.48. The largest absolute Gasteiger partial charge is 0.313 e. The molecule has 0 aromatic heterocycles. The molecule has 0 aliphatic rings. The van der Waals surface area contributed by atoms with Crippen molar-refractivity contribution in [3.63, 3.8) is 0 Å². The van der Waals surface area contributed by atoms with Gasteiger partial charge in [0.25, 0.3) is 0 Å². The second-order valence-corrected chi connectivity index (χ2v) is 5.98. The second kappa shape index (κ2) is 6.83. The van der Waals surface area contributed by atoms with E-state index >= 15 is 0 Å². The molecule has 0 amide bonds. The van der Waals surface area contributed by atoms with Crippen molar-refractivity contribution in [1.29, 1.82) is 0 Å². The topological polar surface area (TPSA) is 12.0 Å². The molecule has 2 rings (SSSR count). The SMILES string of the molecule is CNC(Cc1c(F)cccc1Cl)c1ccc(F)cc1I. The van der Waals surface area contributed by atoms with Crippen LogP contribution in [0, 0.1) is 15.2 Å². The van der Waals surface area contributed by atoms with Gasteiger partial charge in [0, 0.05) is 20.2 Å². The lowest BCUT2D eigenvalue weighted by atomic mass is 9.98. The van der Waals surface area contributed by atoms with Gasteiger partial charge in [-0.3, -0.25) is 0 Å². The number of rotatable bonds is 4. The number of benzene rings is 2. The number of halogens is 4. The predicted octanol–water partition coefficient (Wildman–Crippen LogP) is 4.73. The normalized spacial score (nSPS) is 12.4. The summed E-state index contributed by atoms with van der Waals surface area (Å²) < 4.78 is 27.8. The van der Waals surface area contributed by atoms with E-state index in [0.717, 1.165) is 9.13 Å². The Labute approximate surface area is 135 Å². The average Bonchev–Trinajstić information content (AvgIpc) is 2.40. The Morgan fingerprint density at radius 2 is 2.00 bits per heavy atom. The fraction of sp³-hybridized carbons (Fsp3) is 0.200. The van der Waals surface area contributed by atoms with E-state index in [2.05, 4.69) is 27.9 Å². The first kappa shape index (κ1) is 15.7. The smallest absolute Gasteiger partial charge is 0.127 e. The van der Waals surface area contributed by atoms with E-state index in [1.807, 2.05) is 0 Å². The Balaban J connectivity index is 2.34. The second-order valence-electron chi connectivity index (χ2n) is 4.41. The summed E-state index contributed by atoms with van der Waals surface area (Å²) in [6.07, 6.45) is 0.406. The molecule has 5 heteroatoms. The Hall–Kier alpha value is -0.720. The van der Waals surface area contributed by atoms with Crippen molar-refractivity contribution >= 4 is 34.2 Å². The summed E-state index contributed by atoms with van der Waals surface area (Å²) in [5.74, 6) is -0.605. The van der Waals surface area contributed by atoms with Crippen molar-refractivity contribution in [2.45, 2.75) is 12.5 Å². The van der Waals surface area contributed by atoms with Gasteiger partial charge in [0.1, 0.15) is 11.6 Å². The van der Waals surface area contributed by atoms with Gasteiger partial charge in [-0.15, -0.1) is 0 Å². The van der Waals surface area contributed by atoms with E-state index in [0.29, 0.717) is 17.0 Å². The molecule has 0 saturated carbocycles. The molecule has 0 radical (unpaired) electrons. The van der Waals surface area contributed by atoms with Crippen molar-refractivity contribution in [1.82, 2.24) is 5.32 Å². The van der Waals surface area contributed by atoms with Gasteiger partial charge in [0.05, 0.1) is 0 Å². The van der Waals surface area contributed by atoms with Crippen LogP contribution in [-0.2, 0) is 6.42 Å². The van der Waals surface area contributed by atoms with E-state index in [-0.39, 0.29) is 17.7 Å². The third-order valence-corrected chi connectivity index (χ3v) is 4.44. The maximum absolute atomic E-state index is 13.9. The highest BCUT2D eigenvalue weighted by Gasteiger charge is 2.17. The maximum atomic E-state index is 13.9. The van der Waals surface area contributed by atoms with Gasteiger partial charge in [-0.05, 0) is 65.9 Å². The van der Waals surface area contributed by atoms with Gasteiger partial charge in [-0.25, -0.2) is 8.78 Å². The molecule has 0 spiro atoms. The number of hydrogen-bond donors (Lipinski definition) is 1. The van der Waals surface area contributed by atoms with Crippen molar-refractivity contribution in [2.75, 3.05) is 7.05 Å². The highest BCUT2D eigenvalue weighted by Crippen LogP contribution is 2.28. The molecular weight excluding hydrogens is 395 g/mol. The van der Waals surface area contributed by atoms with Crippen LogP contribution in [0.5, 0.6) is 0 Å². The highest BCUT2D eigenvalue weighted by atomic mass is 127. The Bertz CT molecular complexity index is 599. The van der Waals surface area contributed by atoms with Crippen molar-refractivity contribution in [2.24, 2.45) is 0 Å². The molecule has 0 saturated heterocycles. The summed E-state index contributed by atoms with van der Waals surface area (Å²) in [4.78, 5) is 0. The first-order valence-electron chi connectivity index (χ1n) is 6.08. The molecule has 0 heterocycles. The molecule has 1 N–H and O–H groups in total. The van der Waals surface area contributed by atoms with Gasteiger partial charge in [-0.1, -0.05) is 23.7 Å². The molecule has 0 aliphatic carbocycles. The summed E-state index contributed by atoms with van der Waals surface area (Å²) in [6, 6.07) is 9.10. The minimum absolute atomic E-state index is 0.128. The van der Waals surface area contributed by atoms with Crippen molar-refractivity contribution < 1.29 is 8.78 Å². The summed E-state index contributed by atoms with van der Waals surface area (Å²) in [7, 11) is 1.79. The van der Waals surface area contributed by atoms with Crippen LogP contribution in [-0.4, -0.2) is 7.05 Å². The van der Waals surface area contributed by atoms with Crippen LogP contribution < -0.4 is 5.32 Å². The molecule has 1 nitrogen and oxygen atoms in total. The van der Waals surface area contributed by atoms with Crippen LogP contribution >= 0.6 is 34.2 Å².